The minimum absolute atomic E-state index is 0.0683. The van der Waals surface area contributed by atoms with Gasteiger partial charge in [-0.2, -0.15) is 0 Å². The number of nitrogens with one attached hydrogen (secondary N) is 2. The average molecular weight is 337 g/mol. The second kappa shape index (κ2) is 7.56. The van der Waals surface area contributed by atoms with Crippen LogP contribution >= 0.6 is 23.8 Å². The third kappa shape index (κ3) is 4.18. The molecule has 0 fully saturated rings. The zero-order valence-electron chi connectivity index (χ0n) is 12.5. The molecule has 2 aromatic rings. The lowest BCUT2D eigenvalue weighted by Crippen LogP contribution is -2.32. The molecule has 2 nitrogen and oxygen atoms in total. The molecule has 2 rings (SSSR count). The van der Waals surface area contributed by atoms with Crippen molar-refractivity contribution >= 4 is 34.6 Å². The number of anilines is 1. The Bertz CT molecular complexity index is 675. The number of hydrogen-bond acceptors (Lipinski definition) is 1. The summed E-state index contributed by atoms with van der Waals surface area (Å²) >= 11 is 11.1. The first-order chi connectivity index (χ1) is 10.5. The Labute approximate surface area is 140 Å². The van der Waals surface area contributed by atoms with Crippen LogP contribution in [0.3, 0.4) is 0 Å². The highest BCUT2D eigenvalue weighted by Gasteiger charge is 2.12. The standard InChI is InChI=1S/C17H18ClFN2S/c1-3-16(13-7-5-4-6-11(13)2)21-17(22)20-12-8-9-15(19)14(18)10-12/h4-10,16H,3H2,1-2H3,(H2,20,21,22). The number of benzene rings is 2. The summed E-state index contributed by atoms with van der Waals surface area (Å²) in [5.74, 6) is -0.447. The van der Waals surface area contributed by atoms with Crippen molar-refractivity contribution in [1.82, 2.24) is 5.32 Å². The summed E-state index contributed by atoms with van der Waals surface area (Å²) in [7, 11) is 0. The molecule has 0 amide bonds. The van der Waals surface area contributed by atoms with Crippen LogP contribution in [0.1, 0.15) is 30.5 Å². The van der Waals surface area contributed by atoms with Crippen molar-refractivity contribution in [2.24, 2.45) is 0 Å². The average Bonchev–Trinajstić information content (AvgIpc) is 2.49. The van der Waals surface area contributed by atoms with Crippen LogP contribution in [0.4, 0.5) is 10.1 Å². The van der Waals surface area contributed by atoms with E-state index in [2.05, 4.69) is 36.6 Å². The van der Waals surface area contributed by atoms with Crippen molar-refractivity contribution in [3.05, 3.63) is 64.4 Å². The van der Waals surface area contributed by atoms with Gasteiger partial charge in [-0.25, -0.2) is 4.39 Å². The van der Waals surface area contributed by atoms with Gasteiger partial charge in [0.2, 0.25) is 0 Å². The molecule has 0 aliphatic rings. The summed E-state index contributed by atoms with van der Waals surface area (Å²) in [6.45, 7) is 4.18. The fraction of sp³-hybridized carbons (Fsp3) is 0.235. The highest BCUT2D eigenvalue weighted by molar-refractivity contribution is 7.80. The van der Waals surface area contributed by atoms with Gasteiger partial charge in [0, 0.05) is 5.69 Å². The lowest BCUT2D eigenvalue weighted by atomic mass is 10.00. The van der Waals surface area contributed by atoms with E-state index in [1.54, 1.807) is 6.07 Å². The first-order valence-electron chi connectivity index (χ1n) is 7.09. The van der Waals surface area contributed by atoms with Crippen LogP contribution in [0.15, 0.2) is 42.5 Å². The van der Waals surface area contributed by atoms with Gasteiger partial charge in [-0.05, 0) is 54.9 Å². The molecule has 0 bridgehead atoms. The van der Waals surface area contributed by atoms with E-state index in [0.717, 1.165) is 6.42 Å². The summed E-state index contributed by atoms with van der Waals surface area (Å²) < 4.78 is 13.2. The van der Waals surface area contributed by atoms with Crippen LogP contribution < -0.4 is 10.6 Å². The zero-order valence-corrected chi connectivity index (χ0v) is 14.1. The van der Waals surface area contributed by atoms with Gasteiger partial charge in [-0.15, -0.1) is 0 Å². The maximum absolute atomic E-state index is 13.2. The molecule has 0 saturated heterocycles. The molecule has 0 radical (unpaired) electrons. The van der Waals surface area contributed by atoms with Crippen LogP contribution in [0.5, 0.6) is 0 Å². The first kappa shape index (κ1) is 16.7. The molecular weight excluding hydrogens is 319 g/mol. The predicted octanol–water partition coefficient (Wildman–Crippen LogP) is 5.23. The fourth-order valence-electron chi connectivity index (χ4n) is 2.28. The predicted molar refractivity (Wildman–Crippen MR) is 95.0 cm³/mol. The largest absolute Gasteiger partial charge is 0.356 e. The van der Waals surface area contributed by atoms with Crippen LogP contribution in [0, 0.1) is 12.7 Å². The lowest BCUT2D eigenvalue weighted by Gasteiger charge is -2.21. The molecule has 2 N–H and O–H groups in total. The molecule has 0 aliphatic carbocycles. The third-order valence-electron chi connectivity index (χ3n) is 3.45. The number of thiocarbonyl (C=S) groups is 1. The van der Waals surface area contributed by atoms with Crippen molar-refractivity contribution < 1.29 is 4.39 Å². The van der Waals surface area contributed by atoms with Crippen molar-refractivity contribution in [3.8, 4) is 0 Å². The summed E-state index contributed by atoms with van der Waals surface area (Å²) in [6, 6.07) is 12.8. The van der Waals surface area contributed by atoms with Gasteiger partial charge in [0.05, 0.1) is 11.1 Å². The van der Waals surface area contributed by atoms with E-state index in [0.29, 0.717) is 10.8 Å². The van der Waals surface area contributed by atoms with E-state index in [9.17, 15) is 4.39 Å². The van der Waals surface area contributed by atoms with Gasteiger partial charge >= 0.3 is 0 Å². The van der Waals surface area contributed by atoms with Gasteiger partial charge in [-0.3, -0.25) is 0 Å². The minimum Gasteiger partial charge on any atom is -0.356 e. The lowest BCUT2D eigenvalue weighted by molar-refractivity contribution is 0.625. The van der Waals surface area contributed by atoms with E-state index < -0.39 is 5.82 Å². The molecule has 116 valence electrons. The monoisotopic (exact) mass is 336 g/mol. The summed E-state index contributed by atoms with van der Waals surface area (Å²) in [6.07, 6.45) is 0.900. The molecule has 0 aromatic heterocycles. The van der Waals surface area contributed by atoms with Crippen molar-refractivity contribution in [2.75, 3.05) is 5.32 Å². The van der Waals surface area contributed by atoms with Crippen LogP contribution in [0.25, 0.3) is 0 Å². The zero-order chi connectivity index (χ0) is 16.1. The van der Waals surface area contributed by atoms with E-state index in [1.807, 2.05) is 12.1 Å². The van der Waals surface area contributed by atoms with Crippen molar-refractivity contribution in [3.63, 3.8) is 0 Å². The SMILES string of the molecule is CCC(NC(=S)Nc1ccc(F)c(Cl)c1)c1ccccc1C. The number of rotatable bonds is 4. The number of halogens is 2. The molecule has 1 atom stereocenters. The van der Waals surface area contributed by atoms with Crippen LogP contribution in [0.2, 0.25) is 5.02 Å². The first-order valence-corrected chi connectivity index (χ1v) is 7.88. The minimum atomic E-state index is -0.447. The van der Waals surface area contributed by atoms with Gasteiger partial charge in [0.1, 0.15) is 5.82 Å². The molecule has 0 spiro atoms. The molecule has 0 heterocycles. The molecular formula is C17H18ClFN2S. The maximum atomic E-state index is 13.2. The molecule has 22 heavy (non-hydrogen) atoms. The summed E-state index contributed by atoms with van der Waals surface area (Å²) in [5.41, 5.74) is 3.09. The smallest absolute Gasteiger partial charge is 0.171 e. The van der Waals surface area contributed by atoms with Gasteiger partial charge in [0.15, 0.2) is 5.11 Å². The molecule has 0 saturated carbocycles. The number of aryl methyl sites for hydroxylation is 1. The second-order valence-electron chi connectivity index (χ2n) is 5.04. The van der Waals surface area contributed by atoms with Gasteiger partial charge in [-0.1, -0.05) is 42.8 Å². The number of hydrogen-bond donors (Lipinski definition) is 2. The third-order valence-corrected chi connectivity index (χ3v) is 3.96. The molecule has 1 unspecified atom stereocenters. The Morgan fingerprint density at radius 2 is 2.00 bits per heavy atom. The van der Waals surface area contributed by atoms with Gasteiger partial charge < -0.3 is 10.6 Å². The summed E-state index contributed by atoms with van der Waals surface area (Å²) in [4.78, 5) is 0. The van der Waals surface area contributed by atoms with Crippen molar-refractivity contribution in [1.29, 1.82) is 0 Å². The fourth-order valence-corrected chi connectivity index (χ4v) is 2.72. The van der Waals surface area contributed by atoms with Crippen molar-refractivity contribution in [2.45, 2.75) is 26.3 Å². The van der Waals surface area contributed by atoms with E-state index >= 15 is 0 Å². The molecule has 5 heteroatoms. The highest BCUT2D eigenvalue weighted by atomic mass is 35.5. The van der Waals surface area contributed by atoms with Gasteiger partial charge in [0.25, 0.3) is 0 Å². The Morgan fingerprint density at radius 1 is 1.27 bits per heavy atom. The highest BCUT2D eigenvalue weighted by Crippen LogP contribution is 2.22. The Kier molecular flexibility index (Phi) is 5.75. The van der Waals surface area contributed by atoms with E-state index in [1.165, 1.54) is 23.3 Å². The quantitative estimate of drug-likeness (QED) is 0.748. The molecule has 2 aromatic carbocycles. The van der Waals surface area contributed by atoms with E-state index in [-0.39, 0.29) is 11.1 Å². The Hall–Kier alpha value is -1.65. The maximum Gasteiger partial charge on any atom is 0.171 e. The summed E-state index contributed by atoms with van der Waals surface area (Å²) in [5, 5.41) is 6.88. The van der Waals surface area contributed by atoms with Crippen LogP contribution in [-0.2, 0) is 0 Å². The second-order valence-corrected chi connectivity index (χ2v) is 5.86. The molecule has 0 aliphatic heterocycles. The van der Waals surface area contributed by atoms with Crippen LogP contribution in [-0.4, -0.2) is 5.11 Å². The van der Waals surface area contributed by atoms with E-state index in [4.69, 9.17) is 23.8 Å². The topological polar surface area (TPSA) is 24.1 Å². The normalized spacial score (nSPS) is 11.8. The Morgan fingerprint density at radius 3 is 2.64 bits per heavy atom. The Balaban J connectivity index is 2.06.